The van der Waals surface area contributed by atoms with E-state index in [1.165, 1.54) is 0 Å². The van der Waals surface area contributed by atoms with Crippen LogP contribution < -0.4 is 5.56 Å². The summed E-state index contributed by atoms with van der Waals surface area (Å²) in [5.74, 6) is 0.664. The van der Waals surface area contributed by atoms with Crippen molar-refractivity contribution in [1.29, 1.82) is 0 Å². The summed E-state index contributed by atoms with van der Waals surface area (Å²) >= 11 is 0. The molecule has 7 heteroatoms. The van der Waals surface area contributed by atoms with Crippen molar-refractivity contribution in [2.24, 2.45) is 0 Å². The summed E-state index contributed by atoms with van der Waals surface area (Å²) in [6, 6.07) is 3.54. The van der Waals surface area contributed by atoms with E-state index in [1.807, 2.05) is 17.0 Å². The second kappa shape index (κ2) is 6.99. The molecule has 4 heterocycles. The van der Waals surface area contributed by atoms with E-state index in [4.69, 9.17) is 0 Å². The Labute approximate surface area is 152 Å². The molecule has 2 aromatic heterocycles. The van der Waals surface area contributed by atoms with Crippen molar-refractivity contribution in [3.63, 3.8) is 0 Å². The van der Waals surface area contributed by atoms with Gasteiger partial charge in [0.2, 0.25) is 5.91 Å². The van der Waals surface area contributed by atoms with Crippen molar-refractivity contribution in [2.45, 2.75) is 38.8 Å². The first-order valence-electron chi connectivity index (χ1n) is 9.15. The van der Waals surface area contributed by atoms with E-state index in [2.05, 4.69) is 19.9 Å². The SMILES string of the molecule is Cc1nc2c(c(=O)[nH]1)CCN(C(=O)[C@H](c1cccnc1)N1CCCC1)C2. The molecule has 4 rings (SSSR count). The number of pyridine rings is 1. The van der Waals surface area contributed by atoms with Crippen LogP contribution in [-0.2, 0) is 17.8 Å². The first-order valence-corrected chi connectivity index (χ1v) is 9.15. The van der Waals surface area contributed by atoms with E-state index in [0.717, 1.165) is 37.2 Å². The number of carbonyl (C=O) groups excluding carboxylic acids is 1. The molecule has 1 amide bonds. The molecule has 1 saturated heterocycles. The minimum atomic E-state index is -0.309. The molecule has 1 N–H and O–H groups in total. The van der Waals surface area contributed by atoms with Crippen molar-refractivity contribution in [1.82, 2.24) is 24.8 Å². The summed E-state index contributed by atoms with van der Waals surface area (Å²) in [6.07, 6.45) is 6.28. The second-order valence-electron chi connectivity index (χ2n) is 7.02. The van der Waals surface area contributed by atoms with Crippen LogP contribution >= 0.6 is 0 Å². The normalized spacial score (nSPS) is 18.6. The van der Waals surface area contributed by atoms with Crippen molar-refractivity contribution in [2.75, 3.05) is 19.6 Å². The summed E-state index contributed by atoms with van der Waals surface area (Å²) in [4.78, 5) is 41.0. The van der Waals surface area contributed by atoms with Gasteiger partial charge >= 0.3 is 0 Å². The van der Waals surface area contributed by atoms with Crippen LogP contribution in [0.3, 0.4) is 0 Å². The van der Waals surface area contributed by atoms with Gasteiger partial charge in [0.15, 0.2) is 0 Å². The molecule has 2 aliphatic rings. The molecule has 2 aliphatic heterocycles. The number of likely N-dealkylation sites (tertiary alicyclic amines) is 1. The number of aromatic amines is 1. The zero-order valence-corrected chi connectivity index (χ0v) is 14.9. The molecular weight excluding hydrogens is 330 g/mol. The molecule has 0 radical (unpaired) electrons. The molecule has 136 valence electrons. The fourth-order valence-corrected chi connectivity index (χ4v) is 3.97. The minimum Gasteiger partial charge on any atom is -0.335 e. The fourth-order valence-electron chi connectivity index (χ4n) is 3.97. The third-order valence-electron chi connectivity index (χ3n) is 5.24. The van der Waals surface area contributed by atoms with E-state index < -0.39 is 0 Å². The van der Waals surface area contributed by atoms with Gasteiger partial charge in [0.1, 0.15) is 11.9 Å². The number of H-pyrrole nitrogens is 1. The number of carbonyl (C=O) groups is 1. The summed E-state index contributed by atoms with van der Waals surface area (Å²) in [7, 11) is 0. The zero-order chi connectivity index (χ0) is 18.1. The lowest BCUT2D eigenvalue weighted by Crippen LogP contribution is -2.45. The standard InChI is InChI=1S/C19H23N5O2/c1-13-21-16-12-24(10-6-15(16)18(25)22-13)19(26)17(23-8-2-3-9-23)14-5-4-7-20-11-14/h4-5,7,11,17H,2-3,6,8-10,12H2,1H3,(H,21,22,25)/t17-/m0/s1. The average Bonchev–Trinajstić information content (AvgIpc) is 3.16. The molecule has 1 fully saturated rings. The van der Waals surface area contributed by atoms with Crippen LogP contribution in [0.1, 0.15) is 41.5 Å². The Bertz CT molecular complexity index is 858. The third-order valence-corrected chi connectivity index (χ3v) is 5.24. The lowest BCUT2D eigenvalue weighted by Gasteiger charge is -2.34. The first-order chi connectivity index (χ1) is 12.6. The van der Waals surface area contributed by atoms with Gasteiger partial charge in [0, 0.05) is 24.5 Å². The fraction of sp³-hybridized carbons (Fsp3) is 0.474. The number of hydrogen-bond donors (Lipinski definition) is 1. The summed E-state index contributed by atoms with van der Waals surface area (Å²) in [6.45, 7) is 4.55. The van der Waals surface area contributed by atoms with Crippen LogP contribution in [0.2, 0.25) is 0 Å². The van der Waals surface area contributed by atoms with Gasteiger partial charge < -0.3 is 9.88 Å². The highest BCUT2D eigenvalue weighted by Crippen LogP contribution is 2.28. The second-order valence-corrected chi connectivity index (χ2v) is 7.02. The molecular formula is C19H23N5O2. The molecule has 0 unspecified atom stereocenters. The van der Waals surface area contributed by atoms with Gasteiger partial charge in [-0.3, -0.25) is 19.5 Å². The molecule has 7 nitrogen and oxygen atoms in total. The van der Waals surface area contributed by atoms with Crippen LogP contribution in [0.5, 0.6) is 0 Å². The number of nitrogens with zero attached hydrogens (tertiary/aromatic N) is 4. The number of aromatic nitrogens is 3. The van der Waals surface area contributed by atoms with Crippen molar-refractivity contribution in [3.8, 4) is 0 Å². The molecule has 1 atom stereocenters. The lowest BCUT2D eigenvalue weighted by atomic mass is 10.0. The van der Waals surface area contributed by atoms with Crippen LogP contribution in [0, 0.1) is 6.92 Å². The molecule has 0 spiro atoms. The number of amides is 1. The highest BCUT2D eigenvalue weighted by molar-refractivity contribution is 5.83. The smallest absolute Gasteiger partial charge is 0.254 e. The predicted octanol–water partition coefficient (Wildman–Crippen LogP) is 1.20. The van der Waals surface area contributed by atoms with Gasteiger partial charge in [-0.15, -0.1) is 0 Å². The maximum Gasteiger partial charge on any atom is 0.254 e. The Morgan fingerprint density at radius 2 is 2.08 bits per heavy atom. The topological polar surface area (TPSA) is 82.2 Å². The van der Waals surface area contributed by atoms with Gasteiger partial charge in [-0.05, 0) is 50.9 Å². The van der Waals surface area contributed by atoms with E-state index in [-0.39, 0.29) is 17.5 Å². The van der Waals surface area contributed by atoms with E-state index in [1.54, 1.807) is 19.3 Å². The first kappa shape index (κ1) is 16.9. The molecule has 26 heavy (non-hydrogen) atoms. The Morgan fingerprint density at radius 1 is 1.27 bits per heavy atom. The summed E-state index contributed by atoms with van der Waals surface area (Å²) in [5, 5.41) is 0. The number of fused-ring (bicyclic) bond motifs is 1. The quantitative estimate of drug-likeness (QED) is 0.896. The highest BCUT2D eigenvalue weighted by Gasteiger charge is 2.35. The van der Waals surface area contributed by atoms with Crippen LogP contribution in [0.25, 0.3) is 0 Å². The van der Waals surface area contributed by atoms with Gasteiger partial charge in [-0.1, -0.05) is 6.07 Å². The largest absolute Gasteiger partial charge is 0.335 e. The van der Waals surface area contributed by atoms with Crippen LogP contribution in [-0.4, -0.2) is 50.3 Å². The molecule has 2 aromatic rings. The Balaban J connectivity index is 1.63. The average molecular weight is 353 g/mol. The molecule has 0 aliphatic carbocycles. The van der Waals surface area contributed by atoms with Crippen molar-refractivity contribution in [3.05, 3.63) is 57.5 Å². The predicted molar refractivity (Wildman–Crippen MR) is 96.5 cm³/mol. The maximum atomic E-state index is 13.4. The van der Waals surface area contributed by atoms with Gasteiger partial charge in [0.05, 0.1) is 12.2 Å². The van der Waals surface area contributed by atoms with Gasteiger partial charge in [0.25, 0.3) is 5.56 Å². The number of nitrogens with one attached hydrogen (secondary N) is 1. The van der Waals surface area contributed by atoms with E-state index in [9.17, 15) is 9.59 Å². The number of rotatable bonds is 3. The number of hydrogen-bond acceptors (Lipinski definition) is 5. The Kier molecular flexibility index (Phi) is 4.55. The minimum absolute atomic E-state index is 0.0743. The maximum absolute atomic E-state index is 13.4. The molecule has 0 bridgehead atoms. The van der Waals surface area contributed by atoms with E-state index >= 15 is 0 Å². The van der Waals surface area contributed by atoms with Crippen molar-refractivity contribution >= 4 is 5.91 Å². The monoisotopic (exact) mass is 353 g/mol. The van der Waals surface area contributed by atoms with Crippen molar-refractivity contribution < 1.29 is 4.79 Å². The van der Waals surface area contributed by atoms with Crippen LogP contribution in [0.15, 0.2) is 29.3 Å². The molecule has 0 saturated carbocycles. The zero-order valence-electron chi connectivity index (χ0n) is 14.9. The highest BCUT2D eigenvalue weighted by atomic mass is 16.2. The van der Waals surface area contributed by atoms with Gasteiger partial charge in [-0.2, -0.15) is 0 Å². The van der Waals surface area contributed by atoms with Gasteiger partial charge in [-0.25, -0.2) is 4.98 Å². The Morgan fingerprint density at radius 3 is 2.81 bits per heavy atom. The summed E-state index contributed by atoms with van der Waals surface area (Å²) < 4.78 is 0. The molecule has 0 aromatic carbocycles. The number of aryl methyl sites for hydroxylation is 1. The van der Waals surface area contributed by atoms with E-state index in [0.29, 0.717) is 30.9 Å². The summed E-state index contributed by atoms with van der Waals surface area (Å²) in [5.41, 5.74) is 2.28. The van der Waals surface area contributed by atoms with Crippen LogP contribution in [0.4, 0.5) is 0 Å². The Hall–Kier alpha value is -2.54. The lowest BCUT2D eigenvalue weighted by molar-refractivity contribution is -0.138. The third kappa shape index (κ3) is 3.14.